The van der Waals surface area contributed by atoms with Gasteiger partial charge in [0.15, 0.2) is 0 Å². The minimum atomic E-state index is -0.497. The van der Waals surface area contributed by atoms with Crippen LogP contribution in [0.4, 0.5) is 9.18 Å². The first-order valence-corrected chi connectivity index (χ1v) is 7.42. The van der Waals surface area contributed by atoms with Crippen molar-refractivity contribution in [3.63, 3.8) is 0 Å². The maximum Gasteiger partial charge on any atom is 0.407 e. The molecule has 0 saturated heterocycles. The first-order valence-electron chi connectivity index (χ1n) is 7.04. The highest BCUT2D eigenvalue weighted by molar-refractivity contribution is 6.30. The van der Waals surface area contributed by atoms with Crippen LogP contribution < -0.4 is 10.6 Å². The molecule has 0 radical (unpaired) electrons. The van der Waals surface area contributed by atoms with E-state index in [-0.39, 0.29) is 5.02 Å². The summed E-state index contributed by atoms with van der Waals surface area (Å²) >= 11 is 5.61. The number of benzene rings is 1. The van der Waals surface area contributed by atoms with E-state index in [0.717, 1.165) is 5.56 Å². The lowest BCUT2D eigenvalue weighted by Crippen LogP contribution is -2.32. The van der Waals surface area contributed by atoms with E-state index in [1.807, 2.05) is 32.9 Å². The first-order chi connectivity index (χ1) is 10.3. The molecular weight excluding hydrogens is 307 g/mol. The minimum absolute atomic E-state index is 0.122. The smallest absolute Gasteiger partial charge is 0.407 e. The Bertz CT molecular complexity index is 527. The van der Waals surface area contributed by atoms with Gasteiger partial charge in [0.25, 0.3) is 0 Å². The molecule has 1 amide bonds. The van der Waals surface area contributed by atoms with Crippen LogP contribution in [0.15, 0.2) is 30.4 Å². The highest BCUT2D eigenvalue weighted by Crippen LogP contribution is 2.15. The third-order valence-corrected chi connectivity index (χ3v) is 2.81. The Kier molecular flexibility index (Phi) is 7.35. The predicted octanol–water partition coefficient (Wildman–Crippen LogP) is 3.65. The first kappa shape index (κ1) is 18.5. The SMILES string of the molecule is CC(C)(C)OC(=O)NC/C=C/CNCc1ccc(Cl)c(F)c1. The summed E-state index contributed by atoms with van der Waals surface area (Å²) in [5, 5.41) is 5.88. The fraction of sp³-hybridized carbons (Fsp3) is 0.438. The van der Waals surface area contributed by atoms with Crippen LogP contribution in [0.25, 0.3) is 0 Å². The van der Waals surface area contributed by atoms with Gasteiger partial charge in [0, 0.05) is 19.6 Å². The van der Waals surface area contributed by atoms with Crippen molar-refractivity contribution >= 4 is 17.7 Å². The lowest BCUT2D eigenvalue weighted by Gasteiger charge is -2.19. The van der Waals surface area contributed by atoms with Crippen molar-refractivity contribution in [1.29, 1.82) is 0 Å². The summed E-state index contributed by atoms with van der Waals surface area (Å²) in [5.74, 6) is -0.418. The van der Waals surface area contributed by atoms with Crippen LogP contribution in [0, 0.1) is 5.82 Å². The van der Waals surface area contributed by atoms with E-state index < -0.39 is 17.5 Å². The third-order valence-electron chi connectivity index (χ3n) is 2.51. The van der Waals surface area contributed by atoms with E-state index in [9.17, 15) is 9.18 Å². The Labute approximate surface area is 135 Å². The molecule has 22 heavy (non-hydrogen) atoms. The van der Waals surface area contributed by atoms with E-state index >= 15 is 0 Å². The second kappa shape index (κ2) is 8.76. The molecule has 2 N–H and O–H groups in total. The van der Waals surface area contributed by atoms with Crippen LogP contribution in [-0.2, 0) is 11.3 Å². The summed E-state index contributed by atoms with van der Waals surface area (Å²) < 4.78 is 18.3. The van der Waals surface area contributed by atoms with Gasteiger partial charge in [-0.15, -0.1) is 0 Å². The van der Waals surface area contributed by atoms with Crippen molar-refractivity contribution in [1.82, 2.24) is 10.6 Å². The van der Waals surface area contributed by atoms with Crippen molar-refractivity contribution in [2.45, 2.75) is 32.9 Å². The number of ether oxygens (including phenoxy) is 1. The van der Waals surface area contributed by atoms with Crippen molar-refractivity contribution in [3.8, 4) is 0 Å². The maximum atomic E-state index is 13.2. The number of carbonyl (C=O) groups is 1. The fourth-order valence-corrected chi connectivity index (χ4v) is 1.69. The Morgan fingerprint density at radius 1 is 1.32 bits per heavy atom. The van der Waals surface area contributed by atoms with Gasteiger partial charge < -0.3 is 15.4 Å². The molecule has 6 heteroatoms. The van der Waals surface area contributed by atoms with Crippen LogP contribution in [0.2, 0.25) is 5.02 Å². The molecule has 1 aromatic carbocycles. The Hall–Kier alpha value is -1.59. The number of rotatable bonds is 6. The van der Waals surface area contributed by atoms with Crippen molar-refractivity contribution < 1.29 is 13.9 Å². The number of nitrogens with one attached hydrogen (secondary N) is 2. The topological polar surface area (TPSA) is 50.4 Å². The van der Waals surface area contributed by atoms with Crippen LogP contribution >= 0.6 is 11.6 Å². The van der Waals surface area contributed by atoms with Gasteiger partial charge in [0.2, 0.25) is 0 Å². The van der Waals surface area contributed by atoms with Gasteiger partial charge >= 0.3 is 6.09 Å². The highest BCUT2D eigenvalue weighted by Gasteiger charge is 2.14. The van der Waals surface area contributed by atoms with Gasteiger partial charge in [-0.1, -0.05) is 29.8 Å². The number of amides is 1. The van der Waals surface area contributed by atoms with Crippen LogP contribution in [-0.4, -0.2) is 24.8 Å². The molecule has 0 spiro atoms. The Morgan fingerprint density at radius 2 is 2.00 bits per heavy atom. The number of carbonyl (C=O) groups excluding carboxylic acids is 1. The third kappa shape index (κ3) is 8.00. The molecule has 0 aliphatic carbocycles. The lowest BCUT2D eigenvalue weighted by molar-refractivity contribution is 0.0534. The monoisotopic (exact) mass is 328 g/mol. The molecular formula is C16H22ClFN2O2. The molecule has 0 aliphatic rings. The standard InChI is InChI=1S/C16H22ClFN2O2/c1-16(2,3)22-15(21)20-9-5-4-8-19-11-12-6-7-13(17)14(18)10-12/h4-7,10,19H,8-9,11H2,1-3H3,(H,20,21)/b5-4+. The van der Waals surface area contributed by atoms with E-state index in [0.29, 0.717) is 19.6 Å². The summed E-state index contributed by atoms with van der Waals surface area (Å²) in [5.41, 5.74) is 0.325. The quantitative estimate of drug-likeness (QED) is 0.619. The van der Waals surface area contributed by atoms with Gasteiger partial charge in [-0.2, -0.15) is 0 Å². The van der Waals surface area contributed by atoms with Gasteiger partial charge in [-0.05, 0) is 38.5 Å². The summed E-state index contributed by atoms with van der Waals surface area (Å²) in [6, 6.07) is 4.71. The summed E-state index contributed by atoms with van der Waals surface area (Å²) in [6.07, 6.45) is 3.25. The summed E-state index contributed by atoms with van der Waals surface area (Å²) in [7, 11) is 0. The number of halogens is 2. The summed E-state index contributed by atoms with van der Waals surface area (Å²) in [6.45, 7) is 6.98. The number of hydrogen-bond acceptors (Lipinski definition) is 3. The molecule has 1 rings (SSSR count). The molecule has 4 nitrogen and oxygen atoms in total. The van der Waals surface area contributed by atoms with Crippen molar-refractivity contribution in [2.75, 3.05) is 13.1 Å². The molecule has 0 unspecified atom stereocenters. The Balaban J connectivity index is 2.16. The zero-order chi connectivity index (χ0) is 16.6. The predicted molar refractivity (Wildman–Crippen MR) is 86.5 cm³/mol. The molecule has 0 bridgehead atoms. The summed E-state index contributed by atoms with van der Waals surface area (Å²) in [4.78, 5) is 11.4. The normalized spacial score (nSPS) is 11.7. The molecule has 1 aromatic rings. The van der Waals surface area contributed by atoms with Crippen LogP contribution in [0.1, 0.15) is 26.3 Å². The zero-order valence-electron chi connectivity index (χ0n) is 13.1. The highest BCUT2D eigenvalue weighted by atomic mass is 35.5. The molecule has 122 valence electrons. The lowest BCUT2D eigenvalue weighted by atomic mass is 10.2. The van der Waals surface area contributed by atoms with E-state index in [2.05, 4.69) is 10.6 Å². The Morgan fingerprint density at radius 3 is 2.64 bits per heavy atom. The zero-order valence-corrected chi connectivity index (χ0v) is 13.8. The minimum Gasteiger partial charge on any atom is -0.444 e. The molecule has 0 heterocycles. The van der Waals surface area contributed by atoms with Gasteiger partial charge in [0.1, 0.15) is 11.4 Å². The largest absolute Gasteiger partial charge is 0.444 e. The maximum absolute atomic E-state index is 13.2. The van der Waals surface area contributed by atoms with Crippen molar-refractivity contribution in [2.24, 2.45) is 0 Å². The van der Waals surface area contributed by atoms with E-state index in [1.165, 1.54) is 12.1 Å². The molecule has 0 fully saturated rings. The van der Waals surface area contributed by atoms with Crippen LogP contribution in [0.5, 0.6) is 0 Å². The fourth-order valence-electron chi connectivity index (χ4n) is 1.57. The number of alkyl carbamates (subject to hydrolysis) is 1. The average Bonchev–Trinajstić information content (AvgIpc) is 2.39. The average molecular weight is 329 g/mol. The van der Waals surface area contributed by atoms with Crippen LogP contribution in [0.3, 0.4) is 0 Å². The van der Waals surface area contributed by atoms with E-state index in [4.69, 9.17) is 16.3 Å². The molecule has 0 atom stereocenters. The number of hydrogen-bond donors (Lipinski definition) is 2. The van der Waals surface area contributed by atoms with E-state index in [1.54, 1.807) is 6.07 Å². The van der Waals surface area contributed by atoms with Gasteiger partial charge in [-0.3, -0.25) is 0 Å². The second-order valence-electron chi connectivity index (χ2n) is 5.73. The van der Waals surface area contributed by atoms with Crippen molar-refractivity contribution in [3.05, 3.63) is 46.8 Å². The molecule has 0 aromatic heterocycles. The molecule has 0 aliphatic heterocycles. The van der Waals surface area contributed by atoms with Gasteiger partial charge in [0.05, 0.1) is 5.02 Å². The van der Waals surface area contributed by atoms with Gasteiger partial charge in [-0.25, -0.2) is 9.18 Å². The molecule has 0 saturated carbocycles. The second-order valence-corrected chi connectivity index (χ2v) is 6.14.